The van der Waals surface area contributed by atoms with Gasteiger partial charge in [0.25, 0.3) is 0 Å². The molecule has 7 nitrogen and oxygen atoms in total. The molecule has 0 fully saturated rings. The molecule has 0 saturated carbocycles. The second-order valence-corrected chi connectivity index (χ2v) is 6.22. The SMILES string of the molecule is O=C(Cn1nnc(-c2ccccc2)n1)Nc1nc2ccc(F)cc2s1. The minimum atomic E-state index is -0.339. The van der Waals surface area contributed by atoms with Crippen LogP contribution in [0.4, 0.5) is 9.52 Å². The van der Waals surface area contributed by atoms with E-state index < -0.39 is 0 Å². The fourth-order valence-corrected chi connectivity index (χ4v) is 3.16. The molecule has 4 aromatic rings. The van der Waals surface area contributed by atoms with Crippen molar-refractivity contribution in [2.75, 3.05) is 5.32 Å². The van der Waals surface area contributed by atoms with Crippen molar-refractivity contribution in [1.29, 1.82) is 0 Å². The zero-order valence-corrected chi connectivity index (χ0v) is 13.6. The van der Waals surface area contributed by atoms with Crippen LogP contribution in [0, 0.1) is 5.82 Å². The van der Waals surface area contributed by atoms with Crippen LogP contribution in [-0.2, 0) is 11.3 Å². The fraction of sp³-hybridized carbons (Fsp3) is 0.0625. The lowest BCUT2D eigenvalue weighted by atomic mass is 10.2. The van der Waals surface area contributed by atoms with Gasteiger partial charge in [0.2, 0.25) is 11.7 Å². The number of anilines is 1. The number of aromatic nitrogens is 5. The molecule has 0 radical (unpaired) electrons. The lowest BCUT2D eigenvalue weighted by Gasteiger charge is -1.99. The number of thiazole rings is 1. The summed E-state index contributed by atoms with van der Waals surface area (Å²) in [5.74, 6) is -0.227. The van der Waals surface area contributed by atoms with E-state index in [2.05, 4.69) is 25.7 Å². The molecule has 4 rings (SSSR count). The van der Waals surface area contributed by atoms with Crippen LogP contribution >= 0.6 is 11.3 Å². The molecule has 2 aromatic heterocycles. The second-order valence-electron chi connectivity index (χ2n) is 5.19. The maximum Gasteiger partial charge on any atom is 0.249 e. The molecule has 0 aliphatic heterocycles. The van der Waals surface area contributed by atoms with Crippen molar-refractivity contribution in [3.8, 4) is 11.4 Å². The van der Waals surface area contributed by atoms with E-state index in [0.29, 0.717) is 21.2 Å². The first-order chi connectivity index (χ1) is 12.2. The van der Waals surface area contributed by atoms with Crippen LogP contribution in [0.25, 0.3) is 21.6 Å². The molecule has 1 amide bonds. The van der Waals surface area contributed by atoms with Crippen LogP contribution in [0.15, 0.2) is 48.5 Å². The van der Waals surface area contributed by atoms with Crippen LogP contribution in [0.3, 0.4) is 0 Å². The molecule has 0 unspecified atom stereocenters. The summed E-state index contributed by atoms with van der Waals surface area (Å²) in [5.41, 5.74) is 1.45. The Bertz CT molecular complexity index is 1050. The van der Waals surface area contributed by atoms with Crippen LogP contribution < -0.4 is 5.32 Å². The summed E-state index contributed by atoms with van der Waals surface area (Å²) in [4.78, 5) is 17.6. The quantitative estimate of drug-likeness (QED) is 0.609. The molecule has 2 aromatic carbocycles. The summed E-state index contributed by atoms with van der Waals surface area (Å²) in [5, 5.41) is 15.1. The summed E-state index contributed by atoms with van der Waals surface area (Å²) in [6, 6.07) is 13.7. The first kappa shape index (κ1) is 15.3. The van der Waals surface area contributed by atoms with Crippen molar-refractivity contribution in [2.24, 2.45) is 0 Å². The lowest BCUT2D eigenvalue weighted by Crippen LogP contribution is -2.20. The number of tetrazole rings is 1. The molecule has 9 heteroatoms. The second kappa shape index (κ2) is 6.36. The molecule has 0 bridgehead atoms. The van der Waals surface area contributed by atoms with Gasteiger partial charge in [0.05, 0.1) is 10.2 Å². The van der Waals surface area contributed by atoms with Gasteiger partial charge in [-0.05, 0) is 23.4 Å². The van der Waals surface area contributed by atoms with E-state index in [-0.39, 0.29) is 18.3 Å². The minimum absolute atomic E-state index is 0.0931. The number of hydrogen-bond donors (Lipinski definition) is 1. The lowest BCUT2D eigenvalue weighted by molar-refractivity contribution is -0.117. The molecular formula is C16H11FN6OS. The molecule has 0 spiro atoms. The molecule has 2 heterocycles. The van der Waals surface area contributed by atoms with Crippen LogP contribution in [0.1, 0.15) is 0 Å². The zero-order chi connectivity index (χ0) is 17.2. The van der Waals surface area contributed by atoms with E-state index >= 15 is 0 Å². The first-order valence-electron chi connectivity index (χ1n) is 7.36. The minimum Gasteiger partial charge on any atom is -0.300 e. The molecule has 0 aliphatic rings. The van der Waals surface area contributed by atoms with E-state index in [1.807, 2.05) is 30.3 Å². The van der Waals surface area contributed by atoms with Gasteiger partial charge >= 0.3 is 0 Å². The van der Waals surface area contributed by atoms with Gasteiger partial charge in [0, 0.05) is 5.56 Å². The van der Waals surface area contributed by atoms with Crippen molar-refractivity contribution < 1.29 is 9.18 Å². The van der Waals surface area contributed by atoms with Gasteiger partial charge in [-0.1, -0.05) is 41.7 Å². The molecule has 1 N–H and O–H groups in total. The molecule has 0 atom stereocenters. The Morgan fingerprint density at radius 3 is 2.88 bits per heavy atom. The number of nitrogens with zero attached hydrogens (tertiary/aromatic N) is 5. The maximum absolute atomic E-state index is 13.2. The van der Waals surface area contributed by atoms with Crippen molar-refractivity contribution in [2.45, 2.75) is 6.54 Å². The third kappa shape index (κ3) is 3.36. The molecule has 0 aliphatic carbocycles. The summed E-state index contributed by atoms with van der Waals surface area (Å²) >= 11 is 1.20. The van der Waals surface area contributed by atoms with E-state index in [1.54, 1.807) is 6.07 Å². The molecule has 25 heavy (non-hydrogen) atoms. The summed E-state index contributed by atoms with van der Waals surface area (Å²) in [7, 11) is 0. The van der Waals surface area contributed by atoms with Gasteiger partial charge in [-0.2, -0.15) is 4.80 Å². The highest BCUT2D eigenvalue weighted by molar-refractivity contribution is 7.22. The Kier molecular flexibility index (Phi) is 3.90. The highest BCUT2D eigenvalue weighted by Gasteiger charge is 2.12. The molecule has 124 valence electrons. The van der Waals surface area contributed by atoms with Crippen molar-refractivity contribution in [3.63, 3.8) is 0 Å². The van der Waals surface area contributed by atoms with Crippen LogP contribution in [-0.4, -0.2) is 31.1 Å². The van der Waals surface area contributed by atoms with E-state index in [1.165, 1.54) is 28.3 Å². The van der Waals surface area contributed by atoms with Gasteiger partial charge in [0.1, 0.15) is 12.4 Å². The molecule has 0 saturated heterocycles. The zero-order valence-electron chi connectivity index (χ0n) is 12.8. The van der Waals surface area contributed by atoms with Crippen LogP contribution in [0.5, 0.6) is 0 Å². The van der Waals surface area contributed by atoms with Crippen molar-refractivity contribution in [1.82, 2.24) is 25.2 Å². The fourth-order valence-electron chi connectivity index (χ4n) is 2.25. The summed E-state index contributed by atoms with van der Waals surface area (Å²) < 4.78 is 13.9. The van der Waals surface area contributed by atoms with E-state index in [9.17, 15) is 9.18 Å². The van der Waals surface area contributed by atoms with Gasteiger partial charge in [0.15, 0.2) is 5.13 Å². The number of benzene rings is 2. The predicted molar refractivity (Wildman–Crippen MR) is 91.5 cm³/mol. The number of amides is 1. The Balaban J connectivity index is 1.46. The number of nitrogens with one attached hydrogen (secondary N) is 1. The highest BCUT2D eigenvalue weighted by atomic mass is 32.1. The smallest absolute Gasteiger partial charge is 0.249 e. The summed E-state index contributed by atoms with van der Waals surface area (Å²) in [6.07, 6.45) is 0. The normalized spacial score (nSPS) is 10.9. The van der Waals surface area contributed by atoms with Gasteiger partial charge < -0.3 is 5.32 Å². The standard InChI is InChI=1S/C16H11FN6OS/c17-11-6-7-12-13(8-11)25-16(18-12)19-14(24)9-23-21-15(20-22-23)10-4-2-1-3-5-10/h1-8H,9H2,(H,18,19,24). The Morgan fingerprint density at radius 2 is 2.04 bits per heavy atom. The Labute approximate surface area is 145 Å². The van der Waals surface area contributed by atoms with Crippen molar-refractivity contribution in [3.05, 3.63) is 54.3 Å². The largest absolute Gasteiger partial charge is 0.300 e. The predicted octanol–water partition coefficient (Wildman–Crippen LogP) is 2.73. The Morgan fingerprint density at radius 1 is 1.20 bits per heavy atom. The third-order valence-corrected chi connectivity index (χ3v) is 4.30. The number of carbonyl (C=O) groups is 1. The number of halogens is 1. The Hall–Kier alpha value is -3.20. The first-order valence-corrected chi connectivity index (χ1v) is 8.18. The highest BCUT2D eigenvalue weighted by Crippen LogP contribution is 2.26. The monoisotopic (exact) mass is 354 g/mol. The average molecular weight is 354 g/mol. The number of rotatable bonds is 4. The number of carbonyl (C=O) groups excluding carboxylic acids is 1. The van der Waals surface area contributed by atoms with Crippen LogP contribution in [0.2, 0.25) is 0 Å². The maximum atomic E-state index is 13.2. The summed E-state index contributed by atoms with van der Waals surface area (Å²) in [6.45, 7) is -0.0931. The number of hydrogen-bond acceptors (Lipinski definition) is 6. The third-order valence-electron chi connectivity index (χ3n) is 3.37. The van der Waals surface area contributed by atoms with Crippen molar-refractivity contribution >= 4 is 32.6 Å². The number of fused-ring (bicyclic) bond motifs is 1. The topological polar surface area (TPSA) is 85.6 Å². The molecular weight excluding hydrogens is 343 g/mol. The van der Waals surface area contributed by atoms with Gasteiger partial charge in [-0.25, -0.2) is 9.37 Å². The van der Waals surface area contributed by atoms with E-state index in [0.717, 1.165) is 5.56 Å². The average Bonchev–Trinajstić information content (AvgIpc) is 3.21. The van der Waals surface area contributed by atoms with E-state index in [4.69, 9.17) is 0 Å². The van der Waals surface area contributed by atoms with Gasteiger partial charge in [-0.15, -0.1) is 10.2 Å². The van der Waals surface area contributed by atoms with Gasteiger partial charge in [-0.3, -0.25) is 4.79 Å².